The number of aromatic nitrogens is 3. The van der Waals surface area contributed by atoms with Crippen LogP contribution in [0.25, 0.3) is 0 Å². The van der Waals surface area contributed by atoms with E-state index in [-0.39, 0.29) is 25.9 Å². The van der Waals surface area contributed by atoms with Crippen molar-refractivity contribution in [1.82, 2.24) is 46.9 Å². The topological polar surface area (TPSA) is 197 Å². The van der Waals surface area contributed by atoms with E-state index in [1.165, 1.54) is 14.0 Å². The number of nitrogens with zero attached hydrogens (tertiary/aromatic N) is 3. The van der Waals surface area contributed by atoms with Gasteiger partial charge in [0.2, 0.25) is 29.5 Å². The van der Waals surface area contributed by atoms with Crippen LogP contribution in [0.3, 0.4) is 0 Å². The average Bonchev–Trinajstić information content (AvgIpc) is 3.54. The van der Waals surface area contributed by atoms with E-state index < -0.39 is 59.7 Å². The molecule has 5 amide bonds. The summed E-state index contributed by atoms with van der Waals surface area (Å²) in [7, 11) is 3.10. The molecule has 0 saturated heterocycles. The third-order valence-corrected chi connectivity index (χ3v) is 7.96. The molecule has 3 aromatic rings. The quantitative estimate of drug-likeness (QED) is 0.180. The Hall–Kier alpha value is -5.31. The number of amides is 5. The lowest BCUT2D eigenvalue weighted by molar-refractivity contribution is -0.134. The highest BCUT2D eigenvalue weighted by Gasteiger charge is 2.31. The maximum Gasteiger partial charge on any atom is 0.243 e. The summed E-state index contributed by atoms with van der Waals surface area (Å²) in [5.74, 6) is -2.06. The number of fused-ring (bicyclic) bond motifs is 15. The molecular formula is C33H43N9O6. The van der Waals surface area contributed by atoms with Crippen LogP contribution in [-0.2, 0) is 49.8 Å². The van der Waals surface area contributed by atoms with E-state index in [0.29, 0.717) is 18.0 Å². The molecule has 0 unspecified atom stereocenters. The Morgan fingerprint density at radius 3 is 2.38 bits per heavy atom. The zero-order valence-corrected chi connectivity index (χ0v) is 27.5. The predicted molar refractivity (Wildman–Crippen MR) is 175 cm³/mol. The fourth-order valence-corrected chi connectivity index (χ4v) is 4.99. The number of rotatable bonds is 6. The molecule has 2 aliphatic rings. The summed E-state index contributed by atoms with van der Waals surface area (Å²) in [6.45, 7) is 3.76. The van der Waals surface area contributed by atoms with Crippen LogP contribution in [0.1, 0.15) is 30.7 Å². The lowest BCUT2D eigenvalue weighted by Gasteiger charge is -2.25. The summed E-state index contributed by atoms with van der Waals surface area (Å²) in [4.78, 5) is 66.3. The molecule has 0 radical (unpaired) electrons. The van der Waals surface area contributed by atoms with Gasteiger partial charge in [0.25, 0.3) is 0 Å². The number of benzene rings is 2. The van der Waals surface area contributed by atoms with Crippen molar-refractivity contribution in [2.24, 2.45) is 0 Å². The van der Waals surface area contributed by atoms with Crippen molar-refractivity contribution in [3.05, 3.63) is 77.6 Å². The standard InChI is InChI=1S/C33H43N9O6/c1-20(34-3)29(43)38-28-18-24-19-42(41-40-24)14-15-48-25-12-10-23(11-13-25)17-26(31(45)35-4)39-33(47)27(16-22-8-6-5-7-9-22)37-30(44)21(2)36-32(28)46/h5-13,19-21,26-28,34H,14-18H2,1-4H3,(H,35,45)(H,36,46)(H,37,44)(H,38,43)(H,39,47)/t20-,21-,26-,27-,28-/m0/s1. The number of likely N-dealkylation sites (N-methyl/N-ethyl adjacent to an activating group) is 2. The first-order valence-electron chi connectivity index (χ1n) is 15.8. The first kappa shape index (κ1) is 35.5. The van der Waals surface area contributed by atoms with Crippen LogP contribution < -0.4 is 36.6 Å². The van der Waals surface area contributed by atoms with Gasteiger partial charge in [-0.05, 0) is 44.2 Å². The maximum absolute atomic E-state index is 13.7. The monoisotopic (exact) mass is 661 g/mol. The van der Waals surface area contributed by atoms with E-state index in [1.807, 2.05) is 42.5 Å². The summed E-state index contributed by atoms with van der Waals surface area (Å²) in [5.41, 5.74) is 2.00. The zero-order chi connectivity index (χ0) is 34.6. The summed E-state index contributed by atoms with van der Waals surface area (Å²) < 4.78 is 7.44. The molecule has 4 bridgehead atoms. The fourth-order valence-electron chi connectivity index (χ4n) is 4.99. The highest BCUT2D eigenvalue weighted by molar-refractivity contribution is 5.96. The molecule has 0 saturated carbocycles. The average molecular weight is 662 g/mol. The Kier molecular flexibility index (Phi) is 12.6. The molecule has 0 spiro atoms. The Balaban J connectivity index is 1.64. The second-order valence-electron chi connectivity index (χ2n) is 11.6. The van der Waals surface area contributed by atoms with E-state index >= 15 is 0 Å². The van der Waals surface area contributed by atoms with Gasteiger partial charge in [0.05, 0.1) is 18.3 Å². The molecule has 6 N–H and O–H groups in total. The number of carbonyl (C=O) groups is 5. The molecule has 0 aliphatic carbocycles. The first-order valence-corrected chi connectivity index (χ1v) is 15.8. The van der Waals surface area contributed by atoms with Crippen LogP contribution in [0.2, 0.25) is 0 Å². The molecule has 48 heavy (non-hydrogen) atoms. The Labute approximate surface area is 278 Å². The highest BCUT2D eigenvalue weighted by atomic mass is 16.5. The van der Waals surface area contributed by atoms with Gasteiger partial charge in [-0.1, -0.05) is 47.7 Å². The SMILES string of the molecule is CNC(=O)[C@@H]1Cc2ccc(cc2)OCCn2cc(nn2)C[C@H](NC(=O)[C@H](C)NC)C(=O)N[C@@H](C)C(=O)N[C@@H](Cc2ccccc2)C(=O)N1. The third kappa shape index (κ3) is 10.1. The molecule has 5 rings (SSSR count). The molecule has 2 aliphatic heterocycles. The van der Waals surface area contributed by atoms with Gasteiger partial charge < -0.3 is 36.6 Å². The first-order chi connectivity index (χ1) is 23.1. The van der Waals surface area contributed by atoms with Gasteiger partial charge >= 0.3 is 0 Å². The smallest absolute Gasteiger partial charge is 0.243 e. The number of hydrogen-bond donors (Lipinski definition) is 6. The number of hydrogen-bond acceptors (Lipinski definition) is 9. The van der Waals surface area contributed by atoms with Crippen LogP contribution >= 0.6 is 0 Å². The van der Waals surface area contributed by atoms with Gasteiger partial charge in [-0.3, -0.25) is 24.0 Å². The summed E-state index contributed by atoms with van der Waals surface area (Å²) in [6.07, 6.45) is 1.98. The largest absolute Gasteiger partial charge is 0.492 e. The number of nitrogens with one attached hydrogen (secondary N) is 6. The summed E-state index contributed by atoms with van der Waals surface area (Å²) >= 11 is 0. The van der Waals surface area contributed by atoms with E-state index in [4.69, 9.17) is 4.74 Å². The molecule has 0 fully saturated rings. The Morgan fingerprint density at radius 1 is 0.958 bits per heavy atom. The lowest BCUT2D eigenvalue weighted by Crippen LogP contribution is -2.59. The van der Waals surface area contributed by atoms with Crippen molar-refractivity contribution in [2.75, 3.05) is 20.7 Å². The Morgan fingerprint density at radius 2 is 1.69 bits per heavy atom. The van der Waals surface area contributed by atoms with E-state index in [2.05, 4.69) is 42.2 Å². The van der Waals surface area contributed by atoms with Crippen molar-refractivity contribution in [3.8, 4) is 5.75 Å². The minimum Gasteiger partial charge on any atom is -0.492 e. The van der Waals surface area contributed by atoms with Gasteiger partial charge in [-0.15, -0.1) is 5.10 Å². The highest BCUT2D eigenvalue weighted by Crippen LogP contribution is 2.15. The van der Waals surface area contributed by atoms with Crippen LogP contribution in [0.5, 0.6) is 5.75 Å². The molecule has 15 heteroatoms. The molecule has 256 valence electrons. The maximum atomic E-state index is 13.7. The number of carbonyl (C=O) groups excluding carboxylic acids is 5. The van der Waals surface area contributed by atoms with Crippen LogP contribution in [0.4, 0.5) is 0 Å². The van der Waals surface area contributed by atoms with E-state index in [0.717, 1.165) is 11.1 Å². The fraction of sp³-hybridized carbons (Fsp3) is 0.424. The van der Waals surface area contributed by atoms with E-state index in [9.17, 15) is 24.0 Å². The van der Waals surface area contributed by atoms with Crippen LogP contribution in [0, 0.1) is 0 Å². The molecule has 3 heterocycles. The molecule has 5 atom stereocenters. The van der Waals surface area contributed by atoms with Crippen molar-refractivity contribution >= 4 is 29.5 Å². The van der Waals surface area contributed by atoms with Crippen LogP contribution in [-0.4, -0.2) is 95.4 Å². The number of ether oxygens (including phenoxy) is 1. The van der Waals surface area contributed by atoms with Gasteiger partial charge in [0.1, 0.15) is 36.5 Å². The van der Waals surface area contributed by atoms with Gasteiger partial charge in [-0.2, -0.15) is 0 Å². The molecule has 1 aromatic heterocycles. The zero-order valence-electron chi connectivity index (χ0n) is 27.5. The molecule has 2 aromatic carbocycles. The van der Waals surface area contributed by atoms with Crippen LogP contribution in [0.15, 0.2) is 60.8 Å². The van der Waals surface area contributed by atoms with Crippen molar-refractivity contribution in [3.63, 3.8) is 0 Å². The minimum absolute atomic E-state index is 0.00455. The second-order valence-corrected chi connectivity index (χ2v) is 11.6. The van der Waals surface area contributed by atoms with Crippen molar-refractivity contribution in [1.29, 1.82) is 0 Å². The van der Waals surface area contributed by atoms with Crippen molar-refractivity contribution < 1.29 is 28.7 Å². The summed E-state index contributed by atoms with van der Waals surface area (Å²) in [5, 5.41) is 24.6. The Bertz CT molecular complexity index is 1560. The van der Waals surface area contributed by atoms with Gasteiger partial charge in [0, 0.05) is 32.5 Å². The lowest BCUT2D eigenvalue weighted by atomic mass is 10.0. The molecular weight excluding hydrogens is 618 g/mol. The second kappa shape index (κ2) is 17.0. The predicted octanol–water partition coefficient (Wildman–Crippen LogP) is -0.989. The third-order valence-electron chi connectivity index (χ3n) is 7.96. The van der Waals surface area contributed by atoms with Gasteiger partial charge in [-0.25, -0.2) is 4.68 Å². The normalized spacial score (nSPS) is 21.6. The van der Waals surface area contributed by atoms with Gasteiger partial charge in [0.15, 0.2) is 0 Å². The summed E-state index contributed by atoms with van der Waals surface area (Å²) in [6, 6.07) is 11.5. The van der Waals surface area contributed by atoms with Crippen molar-refractivity contribution in [2.45, 2.75) is 69.9 Å². The minimum atomic E-state index is -1.09. The molecule has 15 nitrogen and oxygen atoms in total. The van der Waals surface area contributed by atoms with E-state index in [1.54, 1.807) is 37.0 Å².